The highest BCUT2D eigenvalue weighted by Gasteiger charge is 2.28. The lowest BCUT2D eigenvalue weighted by Gasteiger charge is -2.15. The van der Waals surface area contributed by atoms with E-state index in [1.54, 1.807) is 7.11 Å². The predicted octanol–water partition coefficient (Wildman–Crippen LogP) is 1.19. The average molecular weight is 242 g/mol. The zero-order chi connectivity index (χ0) is 11.4. The van der Waals surface area contributed by atoms with Crippen LogP contribution < -0.4 is 11.1 Å². The topological polar surface area (TPSA) is 73.1 Å². The van der Waals surface area contributed by atoms with Gasteiger partial charge in [-0.1, -0.05) is 0 Å². The maximum absolute atomic E-state index is 5.55. The second-order valence-corrected chi connectivity index (χ2v) is 4.86. The van der Waals surface area contributed by atoms with Crippen LogP contribution in [0.2, 0.25) is 0 Å². The van der Waals surface area contributed by atoms with E-state index in [-0.39, 0.29) is 6.04 Å². The van der Waals surface area contributed by atoms with Crippen molar-refractivity contribution in [2.75, 3.05) is 25.6 Å². The number of nitrogens with zero attached hydrogens (tertiary/aromatic N) is 2. The lowest BCUT2D eigenvalue weighted by Crippen LogP contribution is -2.27. The first-order valence-electron chi connectivity index (χ1n) is 5.62. The highest BCUT2D eigenvalue weighted by Crippen LogP contribution is 2.39. The predicted molar refractivity (Wildman–Crippen MR) is 64.8 cm³/mol. The molecule has 1 aliphatic rings. The van der Waals surface area contributed by atoms with Gasteiger partial charge in [-0.05, 0) is 25.8 Å². The van der Waals surface area contributed by atoms with Crippen LogP contribution in [0.3, 0.4) is 0 Å². The standard InChI is InChI=1S/C10H18N4OS/c1-15-6-8(4-5-11)12-10-13-9(14-16-10)7-2-3-7/h7-8H,2-6,11H2,1H3,(H,12,13,14). The van der Waals surface area contributed by atoms with Crippen molar-refractivity contribution in [3.8, 4) is 0 Å². The third-order valence-electron chi connectivity index (χ3n) is 2.59. The van der Waals surface area contributed by atoms with Crippen LogP contribution >= 0.6 is 11.5 Å². The number of aromatic nitrogens is 2. The van der Waals surface area contributed by atoms with Gasteiger partial charge in [-0.2, -0.15) is 4.37 Å². The highest BCUT2D eigenvalue weighted by atomic mass is 32.1. The zero-order valence-corrected chi connectivity index (χ0v) is 10.3. The number of rotatable bonds is 7. The average Bonchev–Trinajstić information content (AvgIpc) is 3.01. The Morgan fingerprint density at radius 1 is 1.62 bits per heavy atom. The minimum absolute atomic E-state index is 0.231. The molecule has 1 atom stereocenters. The quantitative estimate of drug-likeness (QED) is 0.751. The summed E-state index contributed by atoms with van der Waals surface area (Å²) < 4.78 is 9.48. The van der Waals surface area contributed by atoms with E-state index in [4.69, 9.17) is 10.5 Å². The van der Waals surface area contributed by atoms with Gasteiger partial charge in [-0.15, -0.1) is 0 Å². The molecule has 1 aromatic rings. The summed E-state index contributed by atoms with van der Waals surface area (Å²) >= 11 is 1.43. The second kappa shape index (κ2) is 5.56. The highest BCUT2D eigenvalue weighted by molar-refractivity contribution is 7.09. The molecular weight excluding hydrogens is 224 g/mol. The van der Waals surface area contributed by atoms with Crippen molar-refractivity contribution < 1.29 is 4.74 Å². The van der Waals surface area contributed by atoms with E-state index in [9.17, 15) is 0 Å². The molecule has 0 aromatic carbocycles. The third kappa shape index (κ3) is 3.13. The first-order valence-corrected chi connectivity index (χ1v) is 6.40. The Labute approximate surface area is 99.6 Å². The summed E-state index contributed by atoms with van der Waals surface area (Å²) in [6, 6.07) is 0.231. The van der Waals surface area contributed by atoms with E-state index >= 15 is 0 Å². The van der Waals surface area contributed by atoms with Gasteiger partial charge in [0.05, 0.1) is 12.6 Å². The van der Waals surface area contributed by atoms with Gasteiger partial charge in [0.1, 0.15) is 5.82 Å². The maximum atomic E-state index is 5.55. The van der Waals surface area contributed by atoms with Gasteiger partial charge in [0.2, 0.25) is 5.13 Å². The van der Waals surface area contributed by atoms with E-state index in [1.165, 1.54) is 24.4 Å². The lowest BCUT2D eigenvalue weighted by atomic mass is 10.2. The Kier molecular flexibility index (Phi) is 4.09. The summed E-state index contributed by atoms with van der Waals surface area (Å²) in [6.45, 7) is 1.30. The van der Waals surface area contributed by atoms with E-state index in [0.717, 1.165) is 17.4 Å². The molecule has 1 heterocycles. The summed E-state index contributed by atoms with van der Waals surface area (Å²) in [5.74, 6) is 1.61. The number of nitrogens with two attached hydrogens (primary N) is 1. The van der Waals surface area contributed by atoms with Crippen molar-refractivity contribution in [3.63, 3.8) is 0 Å². The van der Waals surface area contributed by atoms with Crippen molar-refractivity contribution in [1.82, 2.24) is 9.36 Å². The van der Waals surface area contributed by atoms with Gasteiger partial charge in [0.25, 0.3) is 0 Å². The molecule has 0 aliphatic heterocycles. The van der Waals surface area contributed by atoms with Gasteiger partial charge < -0.3 is 15.8 Å². The van der Waals surface area contributed by atoms with Gasteiger partial charge in [-0.25, -0.2) is 4.98 Å². The third-order valence-corrected chi connectivity index (χ3v) is 3.26. The van der Waals surface area contributed by atoms with Crippen LogP contribution in [0, 0.1) is 0 Å². The molecule has 90 valence electrons. The number of methoxy groups -OCH3 is 1. The molecule has 2 rings (SSSR count). The molecule has 0 saturated heterocycles. The van der Waals surface area contributed by atoms with Crippen LogP contribution in [0.1, 0.15) is 31.0 Å². The fraction of sp³-hybridized carbons (Fsp3) is 0.800. The first kappa shape index (κ1) is 11.8. The molecule has 3 N–H and O–H groups in total. The fourth-order valence-corrected chi connectivity index (χ4v) is 2.30. The summed E-state index contributed by atoms with van der Waals surface area (Å²) in [5, 5.41) is 4.21. The summed E-state index contributed by atoms with van der Waals surface area (Å²) in [7, 11) is 1.70. The van der Waals surface area contributed by atoms with Crippen LogP contribution in [0.15, 0.2) is 0 Å². The molecule has 0 radical (unpaired) electrons. The molecule has 1 aromatic heterocycles. The second-order valence-electron chi connectivity index (χ2n) is 4.11. The molecule has 0 spiro atoms. The van der Waals surface area contributed by atoms with Crippen molar-refractivity contribution in [2.45, 2.75) is 31.2 Å². The van der Waals surface area contributed by atoms with Crippen LogP contribution in [-0.4, -0.2) is 35.7 Å². The Bertz CT molecular complexity index is 320. The molecule has 1 saturated carbocycles. The largest absolute Gasteiger partial charge is 0.383 e. The summed E-state index contributed by atoms with van der Waals surface area (Å²) in [4.78, 5) is 4.48. The molecule has 0 bridgehead atoms. The Balaban J connectivity index is 1.89. The summed E-state index contributed by atoms with van der Waals surface area (Å²) in [5.41, 5.74) is 5.55. The normalized spacial score (nSPS) is 17.4. The number of anilines is 1. The van der Waals surface area contributed by atoms with Crippen LogP contribution in [0.25, 0.3) is 0 Å². The number of hydrogen-bond acceptors (Lipinski definition) is 6. The summed E-state index contributed by atoms with van der Waals surface area (Å²) in [6.07, 6.45) is 3.35. The Morgan fingerprint density at radius 3 is 3.06 bits per heavy atom. The molecule has 6 heteroatoms. The van der Waals surface area contributed by atoms with Crippen LogP contribution in [0.4, 0.5) is 5.13 Å². The smallest absolute Gasteiger partial charge is 0.202 e. The lowest BCUT2D eigenvalue weighted by molar-refractivity contribution is 0.183. The first-order chi connectivity index (χ1) is 7.83. The minimum atomic E-state index is 0.231. The van der Waals surface area contributed by atoms with Crippen molar-refractivity contribution in [1.29, 1.82) is 0 Å². The van der Waals surface area contributed by atoms with Crippen LogP contribution in [0.5, 0.6) is 0 Å². The zero-order valence-electron chi connectivity index (χ0n) is 9.48. The van der Waals surface area contributed by atoms with Gasteiger partial charge in [-0.3, -0.25) is 0 Å². The van der Waals surface area contributed by atoms with Gasteiger partial charge in [0.15, 0.2) is 0 Å². The molecule has 0 amide bonds. The number of hydrogen-bond donors (Lipinski definition) is 2. The Hall–Kier alpha value is -0.720. The fourth-order valence-electron chi connectivity index (χ4n) is 1.58. The molecule has 5 nitrogen and oxygen atoms in total. The van der Waals surface area contributed by atoms with Crippen LogP contribution in [-0.2, 0) is 4.74 Å². The Morgan fingerprint density at radius 2 is 2.44 bits per heavy atom. The van der Waals surface area contributed by atoms with E-state index in [0.29, 0.717) is 19.1 Å². The molecule has 1 aliphatic carbocycles. The SMILES string of the molecule is COCC(CCN)Nc1nc(C2CC2)ns1. The maximum Gasteiger partial charge on any atom is 0.202 e. The van der Waals surface area contributed by atoms with E-state index in [2.05, 4.69) is 14.7 Å². The van der Waals surface area contributed by atoms with Crippen molar-refractivity contribution >= 4 is 16.7 Å². The minimum Gasteiger partial charge on any atom is -0.383 e. The van der Waals surface area contributed by atoms with Crippen molar-refractivity contribution in [3.05, 3.63) is 5.82 Å². The monoisotopic (exact) mass is 242 g/mol. The molecule has 1 unspecified atom stereocenters. The molecule has 1 fully saturated rings. The molecular formula is C10H18N4OS. The number of nitrogens with one attached hydrogen (secondary N) is 1. The number of ether oxygens (including phenoxy) is 1. The van der Waals surface area contributed by atoms with Crippen molar-refractivity contribution in [2.24, 2.45) is 5.73 Å². The van der Waals surface area contributed by atoms with E-state index in [1.807, 2.05) is 0 Å². The van der Waals surface area contributed by atoms with Gasteiger partial charge >= 0.3 is 0 Å². The molecule has 16 heavy (non-hydrogen) atoms. The van der Waals surface area contributed by atoms with Gasteiger partial charge in [0, 0.05) is 24.6 Å². The van der Waals surface area contributed by atoms with E-state index < -0.39 is 0 Å².